The number of phenolic OH excluding ortho intramolecular Hbond substituents is 1. The first kappa shape index (κ1) is 17.7. The summed E-state index contributed by atoms with van der Waals surface area (Å²) in [5.41, 5.74) is 1.76. The summed E-state index contributed by atoms with van der Waals surface area (Å²) in [6, 6.07) is 18.5. The molecule has 0 fully saturated rings. The number of aromatic hydroxyl groups is 1. The van der Waals surface area contributed by atoms with E-state index in [1.165, 1.54) is 0 Å². The van der Waals surface area contributed by atoms with Crippen molar-refractivity contribution in [3.05, 3.63) is 72.0 Å². The van der Waals surface area contributed by atoms with E-state index >= 15 is 0 Å². The Labute approximate surface area is 160 Å². The van der Waals surface area contributed by atoms with Crippen LogP contribution in [0.2, 0.25) is 0 Å². The van der Waals surface area contributed by atoms with Crippen LogP contribution in [-0.4, -0.2) is 21.2 Å². The molecule has 2 aromatic carbocycles. The molecule has 4 aromatic rings. The quantitative estimate of drug-likeness (QED) is 0.478. The monoisotopic (exact) mass is 381 g/mol. The largest absolute Gasteiger partial charge is 0.508 e. The fourth-order valence-electron chi connectivity index (χ4n) is 2.99. The number of nitrogens with two attached hydrogens (primary N) is 1. The van der Waals surface area contributed by atoms with E-state index in [4.69, 9.17) is 4.42 Å². The number of rotatable bonds is 6. The Hall–Kier alpha value is -2.67. The molecule has 0 radical (unpaired) electrons. The van der Waals surface area contributed by atoms with E-state index in [0.29, 0.717) is 6.54 Å². The molecule has 0 spiro atoms. The van der Waals surface area contributed by atoms with E-state index in [-0.39, 0.29) is 11.8 Å². The van der Waals surface area contributed by atoms with Crippen molar-refractivity contribution in [3.63, 3.8) is 0 Å². The Morgan fingerprint density at radius 3 is 2.63 bits per heavy atom. The van der Waals surface area contributed by atoms with Crippen molar-refractivity contribution in [1.29, 1.82) is 0 Å². The summed E-state index contributed by atoms with van der Waals surface area (Å²) in [4.78, 5) is 4.62. The minimum Gasteiger partial charge on any atom is -0.508 e. The molecule has 0 unspecified atom stereocenters. The molecule has 0 saturated carbocycles. The zero-order valence-corrected chi connectivity index (χ0v) is 15.7. The lowest BCUT2D eigenvalue weighted by Gasteiger charge is -2.17. The van der Waals surface area contributed by atoms with Gasteiger partial charge < -0.3 is 19.9 Å². The van der Waals surface area contributed by atoms with Crippen LogP contribution < -0.4 is 5.32 Å². The Bertz CT molecular complexity index is 1010. The van der Waals surface area contributed by atoms with Gasteiger partial charge in [-0.3, -0.25) is 0 Å². The molecule has 138 valence electrons. The van der Waals surface area contributed by atoms with Gasteiger partial charge in [0.05, 0.1) is 10.2 Å². The number of fused-ring (bicyclic) bond motifs is 1. The minimum absolute atomic E-state index is 0.0504. The van der Waals surface area contributed by atoms with Gasteiger partial charge in [0.25, 0.3) is 0 Å². The number of nitrogens with zero attached hydrogens (tertiary/aromatic N) is 1. The van der Waals surface area contributed by atoms with Crippen LogP contribution in [0.15, 0.2) is 65.1 Å². The van der Waals surface area contributed by atoms with Crippen molar-refractivity contribution in [3.8, 4) is 16.5 Å². The molecule has 0 saturated heterocycles. The third kappa shape index (κ3) is 3.88. The first-order chi connectivity index (χ1) is 13.1. The number of aliphatic hydroxyl groups excluding tert-OH is 1. The lowest BCUT2D eigenvalue weighted by molar-refractivity contribution is -0.710. The van der Waals surface area contributed by atoms with Gasteiger partial charge in [0.2, 0.25) is 0 Å². The topological polar surface area (TPSA) is 83.1 Å². The highest BCUT2D eigenvalue weighted by Gasteiger charge is 2.20. The number of para-hydroxylation sites is 1. The first-order valence-electron chi connectivity index (χ1n) is 8.85. The van der Waals surface area contributed by atoms with Gasteiger partial charge in [0, 0.05) is 0 Å². The van der Waals surface area contributed by atoms with Crippen molar-refractivity contribution < 1.29 is 19.9 Å². The molecule has 0 bridgehead atoms. The van der Waals surface area contributed by atoms with Crippen LogP contribution >= 0.6 is 11.3 Å². The fraction of sp³-hybridized carbons (Fsp3) is 0.190. The normalized spacial score (nSPS) is 13.7. The molecule has 4 rings (SSSR count). The molecule has 4 N–H and O–H groups in total. The average Bonchev–Trinajstić information content (AvgIpc) is 3.32. The summed E-state index contributed by atoms with van der Waals surface area (Å²) in [6.07, 6.45) is -0.621. The van der Waals surface area contributed by atoms with E-state index in [1.54, 1.807) is 35.6 Å². The van der Waals surface area contributed by atoms with Gasteiger partial charge in [-0.05, 0) is 48.9 Å². The lowest BCUT2D eigenvalue weighted by atomic mass is 10.0. The number of aliphatic hydroxyl groups is 1. The number of benzene rings is 2. The maximum atomic E-state index is 10.5. The van der Waals surface area contributed by atoms with Gasteiger partial charge in [-0.25, -0.2) is 4.98 Å². The Morgan fingerprint density at radius 1 is 1.07 bits per heavy atom. The highest BCUT2D eigenvalue weighted by atomic mass is 32.1. The number of hydrogen-bond acceptors (Lipinski definition) is 5. The molecule has 0 aliphatic heterocycles. The maximum absolute atomic E-state index is 10.5. The molecule has 6 heteroatoms. The number of furan rings is 1. The van der Waals surface area contributed by atoms with E-state index in [9.17, 15) is 10.2 Å². The molecule has 5 nitrogen and oxygen atoms in total. The molecule has 0 aliphatic carbocycles. The molecule has 2 heterocycles. The summed E-state index contributed by atoms with van der Waals surface area (Å²) < 4.78 is 7.09. The number of hydrogen-bond donors (Lipinski definition) is 3. The summed E-state index contributed by atoms with van der Waals surface area (Å²) in [7, 11) is 0. The Morgan fingerprint density at radius 2 is 1.85 bits per heavy atom. The van der Waals surface area contributed by atoms with Crippen LogP contribution in [0.4, 0.5) is 0 Å². The highest BCUT2D eigenvalue weighted by molar-refractivity contribution is 7.21. The Balaban J connectivity index is 1.41. The van der Waals surface area contributed by atoms with Crippen molar-refractivity contribution in [2.24, 2.45) is 0 Å². The smallest absolute Gasteiger partial charge is 0.163 e. The molecule has 2 aromatic heterocycles. The second kappa shape index (κ2) is 7.52. The van der Waals surface area contributed by atoms with Crippen molar-refractivity contribution in [2.75, 3.05) is 0 Å². The first-order valence-corrected chi connectivity index (χ1v) is 9.67. The zero-order valence-electron chi connectivity index (χ0n) is 14.9. The average molecular weight is 381 g/mol. The van der Waals surface area contributed by atoms with E-state index in [0.717, 1.165) is 32.3 Å². The van der Waals surface area contributed by atoms with Crippen LogP contribution in [0.5, 0.6) is 5.75 Å². The predicted molar refractivity (Wildman–Crippen MR) is 105 cm³/mol. The third-order valence-corrected chi connectivity index (χ3v) is 5.64. The molecule has 0 aliphatic rings. The van der Waals surface area contributed by atoms with Crippen LogP contribution in [-0.2, 0) is 6.54 Å². The standard InChI is InChI=1S/C21H20N2O3S/c1-13(20(25)14-6-8-15(24)9-7-14)22-12-16-10-11-18(26-16)21-23-17-4-2-3-5-19(17)27-21/h2-11,13,20,22,24-25H,12H2,1H3/p+1/t13-,20-/m1/s1. The van der Waals surface area contributed by atoms with E-state index in [2.05, 4.69) is 11.1 Å². The summed E-state index contributed by atoms with van der Waals surface area (Å²) in [6.45, 7) is 2.59. The summed E-state index contributed by atoms with van der Waals surface area (Å²) in [5.74, 6) is 1.81. The van der Waals surface area contributed by atoms with Crippen molar-refractivity contribution in [1.82, 2.24) is 4.98 Å². The second-order valence-electron chi connectivity index (χ2n) is 6.59. The summed E-state index contributed by atoms with van der Waals surface area (Å²) >= 11 is 1.62. The number of aromatic nitrogens is 1. The van der Waals surface area contributed by atoms with Crippen molar-refractivity contribution >= 4 is 21.6 Å². The van der Waals surface area contributed by atoms with Gasteiger partial charge in [-0.1, -0.05) is 24.3 Å². The molecular weight excluding hydrogens is 360 g/mol. The zero-order chi connectivity index (χ0) is 18.8. The van der Waals surface area contributed by atoms with Crippen LogP contribution in [0, 0.1) is 0 Å². The molecule has 2 atom stereocenters. The Kier molecular flexibility index (Phi) is 4.94. The summed E-state index contributed by atoms with van der Waals surface area (Å²) in [5, 5.41) is 22.8. The van der Waals surface area contributed by atoms with Crippen LogP contribution in [0.1, 0.15) is 24.4 Å². The second-order valence-corrected chi connectivity index (χ2v) is 7.62. The SMILES string of the molecule is C[C@@H]([NH2+]Cc1ccc(-c2nc3ccccc3s2)o1)[C@@H](O)c1ccc(O)cc1. The van der Waals surface area contributed by atoms with Gasteiger partial charge >= 0.3 is 0 Å². The lowest BCUT2D eigenvalue weighted by Crippen LogP contribution is -2.88. The van der Waals surface area contributed by atoms with Crippen molar-refractivity contribution in [2.45, 2.75) is 25.6 Å². The fourth-order valence-corrected chi connectivity index (χ4v) is 3.91. The molecular formula is C21H21N2O3S+. The van der Waals surface area contributed by atoms with Gasteiger partial charge in [0.1, 0.15) is 24.4 Å². The molecule has 27 heavy (non-hydrogen) atoms. The van der Waals surface area contributed by atoms with Gasteiger partial charge in [-0.2, -0.15) is 0 Å². The third-order valence-electron chi connectivity index (χ3n) is 4.59. The van der Waals surface area contributed by atoms with Gasteiger partial charge in [-0.15, -0.1) is 11.3 Å². The number of quaternary nitrogens is 1. The molecule has 0 amide bonds. The van der Waals surface area contributed by atoms with E-state index < -0.39 is 6.10 Å². The minimum atomic E-state index is -0.621. The predicted octanol–water partition coefficient (Wildman–Crippen LogP) is 3.45. The van der Waals surface area contributed by atoms with Crippen LogP contribution in [0.25, 0.3) is 21.0 Å². The van der Waals surface area contributed by atoms with Crippen LogP contribution in [0.3, 0.4) is 0 Å². The van der Waals surface area contributed by atoms with Gasteiger partial charge in [0.15, 0.2) is 16.5 Å². The number of phenols is 1. The maximum Gasteiger partial charge on any atom is 0.163 e. The number of thiazole rings is 1. The van der Waals surface area contributed by atoms with E-state index in [1.807, 2.05) is 42.6 Å². The highest BCUT2D eigenvalue weighted by Crippen LogP contribution is 2.31.